The molecule has 0 heterocycles. The summed E-state index contributed by atoms with van der Waals surface area (Å²) in [6.45, 7) is 5.71. The highest BCUT2D eigenvalue weighted by atomic mass is 19.1. The molecular formula is C15H23FN2O2. The van der Waals surface area contributed by atoms with E-state index < -0.39 is 11.9 Å². The van der Waals surface area contributed by atoms with Crippen molar-refractivity contribution in [1.29, 1.82) is 0 Å². The van der Waals surface area contributed by atoms with Crippen LogP contribution in [0.15, 0.2) is 18.2 Å². The van der Waals surface area contributed by atoms with Crippen LogP contribution in [0.1, 0.15) is 38.8 Å². The van der Waals surface area contributed by atoms with Gasteiger partial charge in [0.05, 0.1) is 19.2 Å². The van der Waals surface area contributed by atoms with Gasteiger partial charge in [-0.1, -0.05) is 26.3 Å². The SMILES string of the molecule is CCC(C)[C@H](N)C(=O)NC(C)c1ccc(OC)c(F)c1. The number of rotatable bonds is 6. The van der Waals surface area contributed by atoms with Crippen molar-refractivity contribution >= 4 is 5.91 Å². The van der Waals surface area contributed by atoms with Crippen LogP contribution in [0.3, 0.4) is 0 Å². The van der Waals surface area contributed by atoms with Gasteiger partial charge in [-0.15, -0.1) is 0 Å². The number of nitrogens with two attached hydrogens (primary N) is 1. The zero-order valence-corrected chi connectivity index (χ0v) is 12.4. The van der Waals surface area contributed by atoms with E-state index in [9.17, 15) is 9.18 Å². The highest BCUT2D eigenvalue weighted by Crippen LogP contribution is 2.21. The fourth-order valence-corrected chi connectivity index (χ4v) is 1.86. The molecule has 0 aromatic heterocycles. The number of carbonyl (C=O) groups excluding carboxylic acids is 1. The first-order valence-electron chi connectivity index (χ1n) is 6.80. The zero-order chi connectivity index (χ0) is 15.3. The lowest BCUT2D eigenvalue weighted by molar-refractivity contribution is -0.124. The maximum atomic E-state index is 13.6. The third kappa shape index (κ3) is 3.93. The third-order valence-electron chi connectivity index (χ3n) is 3.59. The number of amides is 1. The summed E-state index contributed by atoms with van der Waals surface area (Å²) in [5.41, 5.74) is 6.54. The van der Waals surface area contributed by atoms with Crippen LogP contribution in [0.4, 0.5) is 4.39 Å². The largest absolute Gasteiger partial charge is 0.494 e. The Balaban J connectivity index is 2.73. The summed E-state index contributed by atoms with van der Waals surface area (Å²) < 4.78 is 18.5. The molecule has 1 aromatic carbocycles. The zero-order valence-electron chi connectivity index (χ0n) is 12.4. The minimum atomic E-state index is -0.550. The number of methoxy groups -OCH3 is 1. The molecule has 0 aliphatic carbocycles. The van der Waals surface area contributed by atoms with Gasteiger partial charge in [0, 0.05) is 0 Å². The van der Waals surface area contributed by atoms with Gasteiger partial charge < -0.3 is 15.8 Å². The average Bonchev–Trinajstić information content (AvgIpc) is 2.45. The van der Waals surface area contributed by atoms with Crippen molar-refractivity contribution < 1.29 is 13.9 Å². The average molecular weight is 282 g/mol. The van der Waals surface area contributed by atoms with Gasteiger partial charge in [0.15, 0.2) is 11.6 Å². The first-order chi connectivity index (χ1) is 9.40. The maximum Gasteiger partial charge on any atom is 0.237 e. The monoisotopic (exact) mass is 282 g/mol. The van der Waals surface area contributed by atoms with Crippen molar-refractivity contribution in [1.82, 2.24) is 5.32 Å². The smallest absolute Gasteiger partial charge is 0.237 e. The van der Waals surface area contributed by atoms with E-state index in [0.29, 0.717) is 5.56 Å². The Hall–Kier alpha value is -1.62. The van der Waals surface area contributed by atoms with Crippen LogP contribution in [-0.4, -0.2) is 19.1 Å². The molecule has 3 N–H and O–H groups in total. The van der Waals surface area contributed by atoms with E-state index in [1.54, 1.807) is 19.1 Å². The topological polar surface area (TPSA) is 64.4 Å². The van der Waals surface area contributed by atoms with Crippen molar-refractivity contribution in [2.45, 2.75) is 39.3 Å². The van der Waals surface area contributed by atoms with Crippen molar-refractivity contribution in [3.05, 3.63) is 29.6 Å². The number of ether oxygens (including phenoxy) is 1. The van der Waals surface area contributed by atoms with E-state index in [2.05, 4.69) is 5.32 Å². The molecule has 0 aliphatic heterocycles. The van der Waals surface area contributed by atoms with E-state index in [0.717, 1.165) is 6.42 Å². The van der Waals surface area contributed by atoms with Gasteiger partial charge in [-0.2, -0.15) is 0 Å². The second-order valence-corrected chi connectivity index (χ2v) is 5.04. The Morgan fingerprint density at radius 1 is 1.45 bits per heavy atom. The second-order valence-electron chi connectivity index (χ2n) is 5.04. The van der Waals surface area contributed by atoms with Gasteiger partial charge in [0.2, 0.25) is 5.91 Å². The van der Waals surface area contributed by atoms with Gasteiger partial charge in [-0.3, -0.25) is 4.79 Å². The Bertz CT molecular complexity index is 465. The summed E-state index contributed by atoms with van der Waals surface area (Å²) in [5.74, 6) is -0.376. The Morgan fingerprint density at radius 3 is 2.60 bits per heavy atom. The Labute approximate surface area is 119 Å². The highest BCUT2D eigenvalue weighted by molar-refractivity contribution is 5.82. The molecule has 0 fully saturated rings. The van der Waals surface area contributed by atoms with Crippen LogP contribution < -0.4 is 15.8 Å². The number of halogens is 1. The van der Waals surface area contributed by atoms with Crippen molar-refractivity contribution in [3.8, 4) is 5.75 Å². The first-order valence-corrected chi connectivity index (χ1v) is 6.80. The van der Waals surface area contributed by atoms with Crippen LogP contribution in [-0.2, 0) is 4.79 Å². The van der Waals surface area contributed by atoms with Crippen molar-refractivity contribution in [3.63, 3.8) is 0 Å². The van der Waals surface area contributed by atoms with Crippen molar-refractivity contribution in [2.75, 3.05) is 7.11 Å². The van der Waals surface area contributed by atoms with Crippen LogP contribution in [0.5, 0.6) is 5.75 Å². The van der Waals surface area contributed by atoms with Gasteiger partial charge in [0.1, 0.15) is 0 Å². The lowest BCUT2D eigenvalue weighted by Gasteiger charge is -2.21. The predicted octanol–water partition coefficient (Wildman–Crippen LogP) is 2.38. The number of hydrogen-bond acceptors (Lipinski definition) is 3. The molecule has 4 nitrogen and oxygen atoms in total. The normalized spacial score (nSPS) is 15.3. The van der Waals surface area contributed by atoms with E-state index in [1.807, 2.05) is 13.8 Å². The molecule has 112 valence electrons. The van der Waals surface area contributed by atoms with Crippen LogP contribution >= 0.6 is 0 Å². The molecule has 0 saturated carbocycles. The predicted molar refractivity (Wildman–Crippen MR) is 76.9 cm³/mol. The molecule has 1 amide bonds. The fraction of sp³-hybridized carbons (Fsp3) is 0.533. The molecule has 0 aliphatic rings. The van der Waals surface area contributed by atoms with Gasteiger partial charge in [-0.05, 0) is 30.5 Å². The third-order valence-corrected chi connectivity index (χ3v) is 3.59. The number of nitrogens with one attached hydrogen (secondary N) is 1. The lowest BCUT2D eigenvalue weighted by atomic mass is 9.98. The molecule has 2 unspecified atom stereocenters. The quantitative estimate of drug-likeness (QED) is 0.842. The van der Waals surface area contributed by atoms with E-state index in [4.69, 9.17) is 10.5 Å². The summed E-state index contributed by atoms with van der Waals surface area (Å²) in [7, 11) is 1.41. The highest BCUT2D eigenvalue weighted by Gasteiger charge is 2.21. The summed E-state index contributed by atoms with van der Waals surface area (Å²) in [4.78, 5) is 12.0. The Kier molecular flexibility index (Phi) is 5.95. The second kappa shape index (κ2) is 7.24. The molecule has 5 heteroatoms. The van der Waals surface area contributed by atoms with Gasteiger partial charge in [0.25, 0.3) is 0 Å². The fourth-order valence-electron chi connectivity index (χ4n) is 1.86. The molecule has 20 heavy (non-hydrogen) atoms. The molecule has 1 rings (SSSR count). The molecule has 3 atom stereocenters. The number of carbonyl (C=O) groups is 1. The standard InChI is InChI=1S/C15H23FN2O2/c1-5-9(2)14(17)15(19)18-10(3)11-6-7-13(20-4)12(16)8-11/h6-10,14H,5,17H2,1-4H3,(H,18,19)/t9?,10?,14-/m0/s1. The Morgan fingerprint density at radius 2 is 2.10 bits per heavy atom. The summed E-state index contributed by atoms with van der Waals surface area (Å²) in [5, 5.41) is 2.80. The number of hydrogen-bond donors (Lipinski definition) is 2. The molecule has 0 saturated heterocycles. The van der Waals surface area contributed by atoms with E-state index >= 15 is 0 Å². The number of benzene rings is 1. The molecule has 1 aromatic rings. The summed E-state index contributed by atoms with van der Waals surface area (Å²) in [6.07, 6.45) is 0.833. The molecule has 0 bridgehead atoms. The van der Waals surface area contributed by atoms with Crippen LogP contribution in [0.2, 0.25) is 0 Å². The minimum Gasteiger partial charge on any atom is -0.494 e. The van der Waals surface area contributed by atoms with E-state index in [-0.39, 0.29) is 23.6 Å². The van der Waals surface area contributed by atoms with Gasteiger partial charge >= 0.3 is 0 Å². The lowest BCUT2D eigenvalue weighted by Crippen LogP contribution is -2.45. The molecule has 0 spiro atoms. The first kappa shape index (κ1) is 16.4. The van der Waals surface area contributed by atoms with Gasteiger partial charge in [-0.25, -0.2) is 4.39 Å². The maximum absolute atomic E-state index is 13.6. The minimum absolute atomic E-state index is 0.106. The van der Waals surface area contributed by atoms with E-state index in [1.165, 1.54) is 13.2 Å². The molecule has 0 radical (unpaired) electrons. The van der Waals surface area contributed by atoms with Crippen molar-refractivity contribution in [2.24, 2.45) is 11.7 Å². The van der Waals surface area contributed by atoms with Crippen LogP contribution in [0.25, 0.3) is 0 Å². The summed E-state index contributed by atoms with van der Waals surface area (Å²) in [6, 6.07) is 3.77. The van der Waals surface area contributed by atoms with Crippen LogP contribution in [0, 0.1) is 11.7 Å². The molecular weight excluding hydrogens is 259 g/mol. The summed E-state index contributed by atoms with van der Waals surface area (Å²) >= 11 is 0.